The van der Waals surface area contributed by atoms with Crippen molar-refractivity contribution in [3.05, 3.63) is 72.9 Å². The van der Waals surface area contributed by atoms with Crippen LogP contribution in [0.15, 0.2) is 72.9 Å². The molecule has 0 aromatic heterocycles. The van der Waals surface area contributed by atoms with Crippen molar-refractivity contribution in [2.75, 3.05) is 13.2 Å². The van der Waals surface area contributed by atoms with Gasteiger partial charge in [-0.05, 0) is 83.5 Å². The van der Waals surface area contributed by atoms with Crippen LogP contribution in [0, 0.1) is 0 Å². The van der Waals surface area contributed by atoms with Crippen LogP contribution in [0.4, 0.5) is 0 Å². The van der Waals surface area contributed by atoms with Gasteiger partial charge in [0.1, 0.15) is 13.2 Å². The first-order valence-electron chi connectivity index (χ1n) is 31.4. The molecule has 0 aliphatic heterocycles. The van der Waals surface area contributed by atoms with Gasteiger partial charge in [-0.2, -0.15) is 0 Å². The van der Waals surface area contributed by atoms with Crippen LogP contribution in [-0.2, 0) is 28.6 Å². The Bertz CT molecular complexity index is 1360. The number of unbranched alkanes of at least 4 members (excludes halogenated alkanes) is 34. The van der Waals surface area contributed by atoms with Crippen molar-refractivity contribution < 1.29 is 28.6 Å². The fourth-order valence-electron chi connectivity index (χ4n) is 8.98. The summed E-state index contributed by atoms with van der Waals surface area (Å²) in [6.07, 6.45) is 79.7. The standard InChI is InChI=1S/C67H118O6/c1-4-7-10-13-16-18-20-22-24-25-26-27-28-29-30-31-32-33-34-35-36-37-38-39-40-41-42-43-44-46-47-49-51-54-57-60-66(69)72-63-64(62-71-65(68)59-56-53-15-12-9-6-3)73-67(70)61-58-55-52-50-48-45-23-21-19-17-14-11-8-5-2/h7,10,14,16-18,21-24,26-27,64H,4-6,8-9,11-13,15,19-20,25,28-63H2,1-3H3/b10-7-,17-14-,18-16-,23-21-,24-22-,27-26-. The minimum atomic E-state index is -0.776. The first-order chi connectivity index (χ1) is 36.0. The zero-order valence-corrected chi connectivity index (χ0v) is 48.4. The van der Waals surface area contributed by atoms with Gasteiger partial charge in [0, 0.05) is 19.3 Å². The Hall–Kier alpha value is -3.15. The second-order valence-electron chi connectivity index (χ2n) is 20.9. The first-order valence-corrected chi connectivity index (χ1v) is 31.4. The van der Waals surface area contributed by atoms with E-state index in [4.69, 9.17) is 14.2 Å². The third kappa shape index (κ3) is 59.6. The van der Waals surface area contributed by atoms with E-state index in [0.717, 1.165) is 109 Å². The maximum atomic E-state index is 12.8. The molecule has 1 unspecified atom stereocenters. The van der Waals surface area contributed by atoms with Crippen LogP contribution in [0.5, 0.6) is 0 Å². The predicted octanol–water partition coefficient (Wildman–Crippen LogP) is 21.3. The normalized spacial score (nSPS) is 12.5. The summed E-state index contributed by atoms with van der Waals surface area (Å²) in [6.45, 7) is 6.44. The number of carbonyl (C=O) groups is 3. The van der Waals surface area contributed by atoms with E-state index in [1.54, 1.807) is 0 Å². The zero-order valence-electron chi connectivity index (χ0n) is 48.4. The molecule has 6 heteroatoms. The van der Waals surface area contributed by atoms with Crippen LogP contribution in [0.3, 0.4) is 0 Å². The molecule has 0 aromatic carbocycles. The highest BCUT2D eigenvalue weighted by atomic mass is 16.6. The van der Waals surface area contributed by atoms with E-state index in [1.807, 2.05) is 0 Å². The van der Waals surface area contributed by atoms with Gasteiger partial charge in [0.15, 0.2) is 6.10 Å². The first kappa shape index (κ1) is 69.8. The molecule has 1 atom stereocenters. The number of allylic oxidation sites excluding steroid dienone is 12. The Kier molecular flexibility index (Phi) is 58.7. The molecule has 0 bridgehead atoms. The third-order valence-corrected chi connectivity index (χ3v) is 13.7. The maximum Gasteiger partial charge on any atom is 0.306 e. The van der Waals surface area contributed by atoms with E-state index in [9.17, 15) is 14.4 Å². The number of esters is 3. The molecule has 0 saturated heterocycles. The monoisotopic (exact) mass is 1020 g/mol. The van der Waals surface area contributed by atoms with E-state index in [2.05, 4.69) is 93.7 Å². The maximum absolute atomic E-state index is 12.8. The molecular weight excluding hydrogens is 901 g/mol. The minimum absolute atomic E-state index is 0.0766. The van der Waals surface area contributed by atoms with E-state index >= 15 is 0 Å². The number of carbonyl (C=O) groups excluding carboxylic acids is 3. The molecule has 0 amide bonds. The fourth-order valence-corrected chi connectivity index (χ4v) is 8.98. The van der Waals surface area contributed by atoms with Gasteiger partial charge in [-0.15, -0.1) is 0 Å². The summed E-state index contributed by atoms with van der Waals surface area (Å²) in [5, 5.41) is 0. The van der Waals surface area contributed by atoms with E-state index in [1.165, 1.54) is 167 Å². The third-order valence-electron chi connectivity index (χ3n) is 13.7. The lowest BCUT2D eigenvalue weighted by Gasteiger charge is -2.18. The molecule has 0 fully saturated rings. The SMILES string of the molecule is CC/C=C\C/C=C\C/C=C\C/C=C\CCCCCCCCCCCCCCCCCCCCCCCCC(=O)OCC(COC(=O)CCCCCCCC)OC(=O)CCCCCCC/C=C\C/C=C\CCCC. The second-order valence-corrected chi connectivity index (χ2v) is 20.9. The van der Waals surface area contributed by atoms with Gasteiger partial charge in [-0.1, -0.05) is 286 Å². The molecule has 0 saturated carbocycles. The fraction of sp³-hybridized carbons (Fsp3) is 0.776. The van der Waals surface area contributed by atoms with Crippen molar-refractivity contribution in [1.82, 2.24) is 0 Å². The van der Waals surface area contributed by atoms with Crippen molar-refractivity contribution in [3.8, 4) is 0 Å². The van der Waals surface area contributed by atoms with Crippen molar-refractivity contribution in [2.45, 2.75) is 322 Å². The smallest absolute Gasteiger partial charge is 0.306 e. The van der Waals surface area contributed by atoms with Crippen molar-refractivity contribution in [1.29, 1.82) is 0 Å². The number of hydrogen-bond donors (Lipinski definition) is 0. The highest BCUT2D eigenvalue weighted by Crippen LogP contribution is 2.17. The molecule has 0 aliphatic carbocycles. The Morgan fingerprint density at radius 3 is 0.877 bits per heavy atom. The van der Waals surface area contributed by atoms with E-state index in [0.29, 0.717) is 19.3 Å². The average Bonchev–Trinajstić information content (AvgIpc) is 3.39. The topological polar surface area (TPSA) is 78.9 Å². The molecule has 0 rings (SSSR count). The lowest BCUT2D eigenvalue weighted by Crippen LogP contribution is -2.30. The second kappa shape index (κ2) is 61.4. The Morgan fingerprint density at radius 2 is 0.548 bits per heavy atom. The molecule has 0 aromatic rings. The molecule has 0 N–H and O–H groups in total. The van der Waals surface area contributed by atoms with Gasteiger partial charge in [-0.3, -0.25) is 14.4 Å². The van der Waals surface area contributed by atoms with Gasteiger partial charge >= 0.3 is 17.9 Å². The summed E-state index contributed by atoms with van der Waals surface area (Å²) in [5.41, 5.74) is 0. The molecule has 73 heavy (non-hydrogen) atoms. The van der Waals surface area contributed by atoms with Crippen molar-refractivity contribution in [2.24, 2.45) is 0 Å². The molecule has 0 spiro atoms. The van der Waals surface area contributed by atoms with Crippen LogP contribution in [0.1, 0.15) is 316 Å². The van der Waals surface area contributed by atoms with Crippen LogP contribution < -0.4 is 0 Å². The van der Waals surface area contributed by atoms with Gasteiger partial charge in [0.25, 0.3) is 0 Å². The summed E-state index contributed by atoms with van der Waals surface area (Å²) in [4.78, 5) is 37.9. The van der Waals surface area contributed by atoms with Gasteiger partial charge < -0.3 is 14.2 Å². The molecule has 0 heterocycles. The summed E-state index contributed by atoms with van der Waals surface area (Å²) in [5.74, 6) is -0.889. The number of hydrogen-bond acceptors (Lipinski definition) is 6. The highest BCUT2D eigenvalue weighted by Gasteiger charge is 2.19. The largest absolute Gasteiger partial charge is 0.462 e. The summed E-state index contributed by atoms with van der Waals surface area (Å²) < 4.78 is 16.8. The summed E-state index contributed by atoms with van der Waals surface area (Å²) in [6, 6.07) is 0. The lowest BCUT2D eigenvalue weighted by atomic mass is 10.0. The minimum Gasteiger partial charge on any atom is -0.462 e. The molecule has 0 radical (unpaired) electrons. The van der Waals surface area contributed by atoms with Crippen LogP contribution in [0.25, 0.3) is 0 Å². The lowest BCUT2D eigenvalue weighted by molar-refractivity contribution is -0.167. The molecule has 422 valence electrons. The zero-order chi connectivity index (χ0) is 52.9. The van der Waals surface area contributed by atoms with Crippen molar-refractivity contribution >= 4 is 17.9 Å². The van der Waals surface area contributed by atoms with Gasteiger partial charge in [0.2, 0.25) is 0 Å². The Balaban J connectivity index is 3.90. The summed E-state index contributed by atoms with van der Waals surface area (Å²) in [7, 11) is 0. The van der Waals surface area contributed by atoms with Gasteiger partial charge in [0.05, 0.1) is 0 Å². The molecule has 0 aliphatic rings. The number of ether oxygens (including phenoxy) is 3. The van der Waals surface area contributed by atoms with Crippen LogP contribution in [0.2, 0.25) is 0 Å². The predicted molar refractivity (Wildman–Crippen MR) is 316 cm³/mol. The van der Waals surface area contributed by atoms with Crippen molar-refractivity contribution in [3.63, 3.8) is 0 Å². The number of rotatable bonds is 57. The van der Waals surface area contributed by atoms with Crippen LogP contribution >= 0.6 is 0 Å². The quantitative estimate of drug-likeness (QED) is 0.0261. The van der Waals surface area contributed by atoms with E-state index < -0.39 is 6.10 Å². The Morgan fingerprint density at radius 1 is 0.288 bits per heavy atom. The van der Waals surface area contributed by atoms with E-state index in [-0.39, 0.29) is 31.1 Å². The average molecular weight is 1020 g/mol. The van der Waals surface area contributed by atoms with Gasteiger partial charge in [-0.25, -0.2) is 0 Å². The Labute approximate surface area is 453 Å². The molecular formula is C67H118O6. The highest BCUT2D eigenvalue weighted by molar-refractivity contribution is 5.71. The summed E-state index contributed by atoms with van der Waals surface area (Å²) >= 11 is 0. The van der Waals surface area contributed by atoms with Crippen LogP contribution in [-0.4, -0.2) is 37.2 Å². The molecule has 6 nitrogen and oxygen atoms in total.